The monoisotopic (exact) mass is 403 g/mol. The van der Waals surface area contributed by atoms with Gasteiger partial charge in [-0.25, -0.2) is 18.0 Å². The van der Waals surface area contributed by atoms with Crippen molar-refractivity contribution in [2.75, 3.05) is 5.32 Å². The van der Waals surface area contributed by atoms with Crippen molar-refractivity contribution in [3.63, 3.8) is 0 Å². The van der Waals surface area contributed by atoms with Crippen LogP contribution in [0.4, 0.5) is 18.9 Å². The number of carboxylic acids is 1. The highest BCUT2D eigenvalue weighted by Gasteiger charge is 2.35. The third-order valence-electron chi connectivity index (χ3n) is 4.55. The van der Waals surface area contributed by atoms with Crippen molar-refractivity contribution in [1.82, 2.24) is 0 Å². The highest BCUT2D eigenvalue weighted by atomic mass is 32.1. The predicted octanol–water partition coefficient (Wildman–Crippen LogP) is 5.00. The van der Waals surface area contributed by atoms with E-state index in [1.807, 2.05) is 0 Å². The summed E-state index contributed by atoms with van der Waals surface area (Å²) >= 11 is 0.891. The van der Waals surface area contributed by atoms with Gasteiger partial charge in [-0.1, -0.05) is 18.2 Å². The molecule has 0 bridgehead atoms. The fourth-order valence-electron chi connectivity index (χ4n) is 3.39. The zero-order valence-electron chi connectivity index (χ0n) is 14.1. The Morgan fingerprint density at radius 3 is 2.54 bits per heavy atom. The predicted molar refractivity (Wildman–Crippen MR) is 98.1 cm³/mol. The van der Waals surface area contributed by atoms with Gasteiger partial charge in [0.05, 0.1) is 5.69 Å². The van der Waals surface area contributed by atoms with Crippen LogP contribution in [0, 0.1) is 17.5 Å². The fourth-order valence-corrected chi connectivity index (χ4v) is 4.63. The first-order chi connectivity index (χ1) is 13.3. The first kappa shape index (κ1) is 18.2. The molecule has 0 aliphatic carbocycles. The number of nitrogens with one attached hydrogen (secondary N) is 1. The first-order valence-corrected chi connectivity index (χ1v) is 9.07. The van der Waals surface area contributed by atoms with Gasteiger partial charge >= 0.3 is 5.97 Å². The van der Waals surface area contributed by atoms with Crippen molar-refractivity contribution >= 4 is 28.9 Å². The summed E-state index contributed by atoms with van der Waals surface area (Å²) in [5, 5.41) is 12.3. The molecule has 1 aromatic heterocycles. The average Bonchev–Trinajstić information content (AvgIpc) is 3.01. The van der Waals surface area contributed by atoms with Crippen LogP contribution in [-0.2, 0) is 4.79 Å². The minimum absolute atomic E-state index is 0.0923. The highest BCUT2D eigenvalue weighted by molar-refractivity contribution is 7.15. The van der Waals surface area contributed by atoms with Gasteiger partial charge in [0.25, 0.3) is 0 Å². The molecule has 0 unspecified atom stereocenters. The van der Waals surface area contributed by atoms with Gasteiger partial charge in [-0.15, -0.1) is 11.3 Å². The topological polar surface area (TPSA) is 66.4 Å². The van der Waals surface area contributed by atoms with Gasteiger partial charge in [-0.3, -0.25) is 4.79 Å². The third-order valence-corrected chi connectivity index (χ3v) is 5.84. The van der Waals surface area contributed by atoms with Gasteiger partial charge in [0.2, 0.25) is 5.91 Å². The Hall–Kier alpha value is -3.13. The molecule has 2 N–H and O–H groups in total. The number of anilines is 1. The second-order valence-corrected chi connectivity index (χ2v) is 7.38. The molecule has 0 radical (unpaired) electrons. The van der Waals surface area contributed by atoms with Crippen LogP contribution >= 0.6 is 11.3 Å². The molecule has 0 spiro atoms. The molecule has 0 fully saturated rings. The molecule has 1 aliphatic rings. The molecule has 28 heavy (non-hydrogen) atoms. The normalized spacial score (nSPS) is 15.8. The number of benzene rings is 2. The fraction of sp³-hybridized carbons (Fsp3) is 0.100. The maximum atomic E-state index is 14.4. The van der Waals surface area contributed by atoms with Crippen molar-refractivity contribution in [2.24, 2.45) is 0 Å². The van der Waals surface area contributed by atoms with Gasteiger partial charge in [0, 0.05) is 28.8 Å². The number of halogens is 3. The quantitative estimate of drug-likeness (QED) is 0.647. The summed E-state index contributed by atoms with van der Waals surface area (Å²) in [7, 11) is 0. The van der Waals surface area contributed by atoms with Crippen LogP contribution in [0.15, 0.2) is 42.5 Å². The summed E-state index contributed by atoms with van der Waals surface area (Å²) in [6, 6.07) is 8.42. The lowest BCUT2D eigenvalue weighted by Crippen LogP contribution is -2.23. The summed E-state index contributed by atoms with van der Waals surface area (Å²) < 4.78 is 41.4. The molecule has 1 aliphatic heterocycles. The van der Waals surface area contributed by atoms with E-state index in [1.54, 1.807) is 0 Å². The van der Waals surface area contributed by atoms with Gasteiger partial charge in [-0.05, 0) is 29.3 Å². The van der Waals surface area contributed by atoms with E-state index in [2.05, 4.69) is 5.32 Å². The van der Waals surface area contributed by atoms with Crippen molar-refractivity contribution in [3.8, 4) is 11.1 Å². The summed E-state index contributed by atoms with van der Waals surface area (Å²) in [6.45, 7) is 0. The van der Waals surface area contributed by atoms with Gasteiger partial charge < -0.3 is 10.4 Å². The SMILES string of the molecule is O=C1C[C@@H](c2ccc(F)cc2F)c2sc(C(=O)O)c(-c3cccc(F)c3)c2N1. The van der Waals surface area contributed by atoms with Gasteiger partial charge in [0.15, 0.2) is 0 Å². The van der Waals surface area contributed by atoms with E-state index in [4.69, 9.17) is 0 Å². The van der Waals surface area contributed by atoms with Crippen LogP contribution in [0.25, 0.3) is 11.1 Å². The van der Waals surface area contributed by atoms with Crippen LogP contribution in [0.5, 0.6) is 0 Å². The number of carbonyl (C=O) groups excluding carboxylic acids is 1. The number of hydrogen-bond acceptors (Lipinski definition) is 3. The molecule has 4 nitrogen and oxygen atoms in total. The van der Waals surface area contributed by atoms with Crippen LogP contribution in [0.1, 0.15) is 32.5 Å². The van der Waals surface area contributed by atoms with Crippen LogP contribution < -0.4 is 5.32 Å². The number of hydrogen-bond donors (Lipinski definition) is 2. The molecule has 4 rings (SSSR count). The molecular weight excluding hydrogens is 391 g/mol. The zero-order valence-corrected chi connectivity index (χ0v) is 14.9. The van der Waals surface area contributed by atoms with Gasteiger partial charge in [0.1, 0.15) is 22.3 Å². The summed E-state index contributed by atoms with van der Waals surface area (Å²) in [5.74, 6) is -4.57. The van der Waals surface area contributed by atoms with Crippen molar-refractivity contribution in [2.45, 2.75) is 12.3 Å². The third kappa shape index (κ3) is 3.05. The molecule has 0 saturated carbocycles. The van der Waals surface area contributed by atoms with Gasteiger partial charge in [-0.2, -0.15) is 0 Å². The molecule has 1 amide bonds. The Bertz CT molecular complexity index is 1130. The summed E-state index contributed by atoms with van der Waals surface area (Å²) in [6.07, 6.45) is -0.113. The second kappa shape index (κ2) is 6.79. The minimum atomic E-state index is -1.24. The van der Waals surface area contributed by atoms with Crippen molar-refractivity contribution in [3.05, 3.63) is 75.2 Å². The molecular formula is C20H12F3NO3S. The smallest absolute Gasteiger partial charge is 0.346 e. The maximum Gasteiger partial charge on any atom is 0.346 e. The van der Waals surface area contributed by atoms with Crippen LogP contribution in [-0.4, -0.2) is 17.0 Å². The van der Waals surface area contributed by atoms with Crippen LogP contribution in [0.2, 0.25) is 0 Å². The Balaban J connectivity index is 1.96. The number of aromatic carboxylic acids is 1. The lowest BCUT2D eigenvalue weighted by Gasteiger charge is -2.24. The van der Waals surface area contributed by atoms with E-state index < -0.39 is 35.2 Å². The number of carboxylic acid groups (broad SMARTS) is 1. The number of rotatable bonds is 3. The number of fused-ring (bicyclic) bond motifs is 1. The first-order valence-electron chi connectivity index (χ1n) is 8.26. The Morgan fingerprint density at radius 2 is 1.86 bits per heavy atom. The van der Waals surface area contributed by atoms with E-state index >= 15 is 0 Å². The number of thiophene rings is 1. The lowest BCUT2D eigenvalue weighted by atomic mass is 9.88. The lowest BCUT2D eigenvalue weighted by molar-refractivity contribution is -0.116. The van der Waals surface area contributed by atoms with Crippen molar-refractivity contribution in [1.29, 1.82) is 0 Å². The maximum absolute atomic E-state index is 14.4. The number of amides is 1. The van der Waals surface area contributed by atoms with E-state index in [0.29, 0.717) is 4.88 Å². The van der Waals surface area contributed by atoms with E-state index in [-0.39, 0.29) is 33.7 Å². The summed E-state index contributed by atoms with van der Waals surface area (Å²) in [4.78, 5) is 24.4. The Kier molecular flexibility index (Phi) is 4.43. The molecule has 142 valence electrons. The van der Waals surface area contributed by atoms with Crippen molar-refractivity contribution < 1.29 is 27.9 Å². The Labute approximate surface area is 161 Å². The average molecular weight is 403 g/mol. The highest BCUT2D eigenvalue weighted by Crippen LogP contribution is 2.49. The Morgan fingerprint density at radius 1 is 1.11 bits per heavy atom. The molecule has 0 saturated heterocycles. The molecule has 8 heteroatoms. The molecule has 3 aromatic rings. The van der Waals surface area contributed by atoms with E-state index in [1.165, 1.54) is 30.3 Å². The standard InChI is InChI=1S/C20H12F3NO3S/c21-10-3-1-2-9(6-10)16-17-18(28-19(16)20(26)27)13(8-15(25)24-17)12-5-4-11(22)7-14(12)23/h1-7,13H,8H2,(H,24,25)(H,26,27)/t13-/m0/s1. The summed E-state index contributed by atoms with van der Waals surface area (Å²) in [5.41, 5.74) is 0.780. The second-order valence-electron chi connectivity index (χ2n) is 6.33. The molecule has 2 heterocycles. The van der Waals surface area contributed by atoms with Crippen LogP contribution in [0.3, 0.4) is 0 Å². The van der Waals surface area contributed by atoms with E-state index in [0.717, 1.165) is 23.5 Å². The molecule has 1 atom stereocenters. The van der Waals surface area contributed by atoms with E-state index in [9.17, 15) is 27.9 Å². The molecule has 2 aromatic carbocycles. The largest absolute Gasteiger partial charge is 0.477 e. The minimum Gasteiger partial charge on any atom is -0.477 e. The number of carbonyl (C=O) groups is 2. The zero-order chi connectivity index (χ0) is 20.0.